The number of carbonyl (C=O) groups excluding carboxylic acids is 1. The number of unbranched alkanes of at least 4 members (excludes halogenated alkanes) is 1. The lowest BCUT2D eigenvalue weighted by atomic mass is 10.1. The fourth-order valence-corrected chi connectivity index (χ4v) is 1.74. The van der Waals surface area contributed by atoms with E-state index in [9.17, 15) is 14.9 Å². The van der Waals surface area contributed by atoms with Crippen LogP contribution in [0.3, 0.4) is 0 Å². The number of nitro groups is 1. The van der Waals surface area contributed by atoms with Crippen LogP contribution in [0.5, 0.6) is 0 Å². The van der Waals surface area contributed by atoms with Gasteiger partial charge in [0.2, 0.25) is 5.82 Å². The number of anilines is 1. The third kappa shape index (κ3) is 4.18. The predicted octanol–water partition coefficient (Wildman–Crippen LogP) is 2.77. The van der Waals surface area contributed by atoms with Gasteiger partial charge in [-0.15, -0.1) is 0 Å². The first-order valence-electron chi connectivity index (χ1n) is 6.49. The Bertz CT molecular complexity index is 491. The summed E-state index contributed by atoms with van der Waals surface area (Å²) in [6.07, 6.45) is 2.93. The molecule has 0 aliphatic carbocycles. The fourth-order valence-electron chi connectivity index (χ4n) is 1.74. The van der Waals surface area contributed by atoms with Gasteiger partial charge in [-0.1, -0.05) is 19.8 Å². The molecule has 20 heavy (non-hydrogen) atoms. The lowest BCUT2D eigenvalue weighted by Crippen LogP contribution is -2.18. The highest BCUT2D eigenvalue weighted by Crippen LogP contribution is 2.23. The number of aromatic nitrogens is 1. The zero-order valence-electron chi connectivity index (χ0n) is 11.9. The Hall–Kier alpha value is -2.18. The van der Waals surface area contributed by atoms with Crippen LogP contribution in [0, 0.1) is 10.1 Å². The van der Waals surface area contributed by atoms with Gasteiger partial charge < -0.3 is 10.1 Å². The second-order valence-electron chi connectivity index (χ2n) is 4.50. The van der Waals surface area contributed by atoms with Crippen molar-refractivity contribution >= 4 is 17.5 Å². The molecule has 0 aliphatic heterocycles. The first-order valence-corrected chi connectivity index (χ1v) is 6.49. The van der Waals surface area contributed by atoms with Crippen LogP contribution in [0.2, 0.25) is 0 Å². The van der Waals surface area contributed by atoms with E-state index in [1.807, 2.05) is 6.92 Å². The van der Waals surface area contributed by atoms with E-state index in [0.717, 1.165) is 19.3 Å². The molecule has 0 fully saturated rings. The van der Waals surface area contributed by atoms with Crippen molar-refractivity contribution in [3.63, 3.8) is 0 Å². The molecule has 7 nitrogen and oxygen atoms in total. The highest BCUT2D eigenvalue weighted by molar-refractivity contribution is 5.88. The number of pyridine rings is 1. The predicted molar refractivity (Wildman–Crippen MR) is 74.8 cm³/mol. The van der Waals surface area contributed by atoms with Gasteiger partial charge in [-0.2, -0.15) is 0 Å². The van der Waals surface area contributed by atoms with Crippen molar-refractivity contribution in [2.24, 2.45) is 0 Å². The molecule has 0 spiro atoms. The zero-order valence-corrected chi connectivity index (χ0v) is 11.9. The van der Waals surface area contributed by atoms with Crippen molar-refractivity contribution in [2.75, 3.05) is 12.4 Å². The van der Waals surface area contributed by atoms with Crippen LogP contribution in [0.15, 0.2) is 12.1 Å². The van der Waals surface area contributed by atoms with Gasteiger partial charge in [0.15, 0.2) is 5.69 Å². The maximum absolute atomic E-state index is 11.4. The van der Waals surface area contributed by atoms with E-state index in [0.29, 0.717) is 0 Å². The lowest BCUT2D eigenvalue weighted by Gasteiger charge is -2.14. The number of hydrogen-bond acceptors (Lipinski definition) is 6. The summed E-state index contributed by atoms with van der Waals surface area (Å²) in [4.78, 5) is 25.9. The summed E-state index contributed by atoms with van der Waals surface area (Å²) >= 11 is 0. The van der Waals surface area contributed by atoms with Crippen LogP contribution in [-0.2, 0) is 4.74 Å². The van der Waals surface area contributed by atoms with Crippen molar-refractivity contribution in [1.29, 1.82) is 0 Å². The number of ether oxygens (including phenoxy) is 1. The number of nitrogens with one attached hydrogen (secondary N) is 1. The van der Waals surface area contributed by atoms with Gasteiger partial charge in [-0.05, 0) is 19.4 Å². The van der Waals surface area contributed by atoms with E-state index >= 15 is 0 Å². The third-order valence-corrected chi connectivity index (χ3v) is 2.84. The molecule has 110 valence electrons. The summed E-state index contributed by atoms with van der Waals surface area (Å²) in [5.74, 6) is -0.523. The van der Waals surface area contributed by atoms with Crippen molar-refractivity contribution < 1.29 is 14.5 Å². The summed E-state index contributed by atoms with van der Waals surface area (Å²) < 4.78 is 4.56. The van der Waals surface area contributed by atoms with Gasteiger partial charge in [-0.25, -0.2) is 9.78 Å². The fraction of sp³-hybridized carbons (Fsp3) is 0.538. The Kier molecular flexibility index (Phi) is 5.89. The van der Waals surface area contributed by atoms with E-state index in [-0.39, 0.29) is 23.2 Å². The molecule has 1 rings (SSSR count). The number of nitrogens with zero attached hydrogens (tertiary/aromatic N) is 2. The molecule has 0 saturated heterocycles. The maximum atomic E-state index is 11.4. The van der Waals surface area contributed by atoms with E-state index in [2.05, 4.69) is 22.0 Å². The third-order valence-electron chi connectivity index (χ3n) is 2.84. The van der Waals surface area contributed by atoms with Crippen LogP contribution >= 0.6 is 0 Å². The van der Waals surface area contributed by atoms with E-state index in [1.54, 1.807) is 0 Å². The van der Waals surface area contributed by atoms with E-state index in [4.69, 9.17) is 0 Å². The smallest absolute Gasteiger partial charge is 0.356 e. The summed E-state index contributed by atoms with van der Waals surface area (Å²) in [6.45, 7) is 4.00. The van der Waals surface area contributed by atoms with Gasteiger partial charge in [0.05, 0.1) is 12.0 Å². The molecule has 0 aliphatic rings. The molecule has 7 heteroatoms. The lowest BCUT2D eigenvalue weighted by molar-refractivity contribution is -0.384. The minimum atomic E-state index is -0.621. The first kappa shape index (κ1) is 15.9. The summed E-state index contributed by atoms with van der Waals surface area (Å²) in [6, 6.07) is 2.58. The van der Waals surface area contributed by atoms with Gasteiger partial charge in [-0.3, -0.25) is 10.1 Å². The highest BCUT2D eigenvalue weighted by atomic mass is 16.6. The van der Waals surface area contributed by atoms with Crippen LogP contribution in [0.1, 0.15) is 43.6 Å². The van der Waals surface area contributed by atoms with Gasteiger partial charge in [0, 0.05) is 12.1 Å². The van der Waals surface area contributed by atoms with Crippen LogP contribution < -0.4 is 5.32 Å². The number of hydrogen-bond donors (Lipinski definition) is 1. The standard InChI is InChI=1S/C13H19N3O4/c1-4-5-6-9(2)14-12-11(16(18)19)8-7-10(15-12)13(17)20-3/h7-9H,4-6H2,1-3H3,(H,14,15). The molecule has 1 atom stereocenters. The van der Waals surface area contributed by atoms with Crippen LogP contribution in [-0.4, -0.2) is 29.0 Å². The molecular weight excluding hydrogens is 262 g/mol. The van der Waals surface area contributed by atoms with E-state index < -0.39 is 10.9 Å². The minimum Gasteiger partial charge on any atom is -0.464 e. The summed E-state index contributed by atoms with van der Waals surface area (Å²) in [7, 11) is 1.24. The Morgan fingerprint density at radius 3 is 2.80 bits per heavy atom. The quantitative estimate of drug-likeness (QED) is 0.469. The van der Waals surface area contributed by atoms with Crippen LogP contribution in [0.25, 0.3) is 0 Å². The molecule has 1 N–H and O–H groups in total. The maximum Gasteiger partial charge on any atom is 0.356 e. The SMILES string of the molecule is CCCCC(C)Nc1nc(C(=O)OC)ccc1[N+](=O)[O-]. The second kappa shape index (κ2) is 7.42. The Labute approximate surface area is 117 Å². The minimum absolute atomic E-state index is 0.0362. The number of carbonyl (C=O) groups is 1. The Balaban J connectivity index is 2.99. The summed E-state index contributed by atoms with van der Waals surface area (Å²) in [5.41, 5.74) is -0.107. The largest absolute Gasteiger partial charge is 0.464 e. The van der Waals surface area contributed by atoms with Gasteiger partial charge in [0.1, 0.15) is 0 Å². The number of methoxy groups -OCH3 is 1. The molecule has 0 saturated carbocycles. The highest BCUT2D eigenvalue weighted by Gasteiger charge is 2.20. The Morgan fingerprint density at radius 2 is 2.25 bits per heavy atom. The first-order chi connectivity index (χ1) is 9.49. The topological polar surface area (TPSA) is 94.4 Å². The second-order valence-corrected chi connectivity index (χ2v) is 4.50. The van der Waals surface area contributed by atoms with Gasteiger partial charge >= 0.3 is 11.7 Å². The molecule has 0 aromatic carbocycles. The molecule has 1 aromatic heterocycles. The van der Waals surface area contributed by atoms with Gasteiger partial charge in [0.25, 0.3) is 0 Å². The van der Waals surface area contributed by atoms with Crippen molar-refractivity contribution in [1.82, 2.24) is 4.98 Å². The molecular formula is C13H19N3O4. The number of esters is 1. The molecule has 1 heterocycles. The number of rotatable bonds is 7. The van der Waals surface area contributed by atoms with Crippen LogP contribution in [0.4, 0.5) is 11.5 Å². The zero-order chi connectivity index (χ0) is 15.1. The molecule has 1 aromatic rings. The molecule has 0 radical (unpaired) electrons. The summed E-state index contributed by atoms with van der Waals surface area (Å²) in [5, 5.41) is 14.0. The molecule has 0 amide bonds. The van der Waals surface area contributed by atoms with Crippen molar-refractivity contribution in [3.05, 3.63) is 27.9 Å². The average Bonchev–Trinajstić information content (AvgIpc) is 2.43. The molecule has 1 unspecified atom stereocenters. The Morgan fingerprint density at radius 1 is 1.55 bits per heavy atom. The van der Waals surface area contributed by atoms with Crippen molar-refractivity contribution in [3.8, 4) is 0 Å². The van der Waals surface area contributed by atoms with Crippen molar-refractivity contribution in [2.45, 2.75) is 39.2 Å². The van der Waals surface area contributed by atoms with E-state index in [1.165, 1.54) is 19.2 Å². The average molecular weight is 281 g/mol. The normalized spacial score (nSPS) is 11.8. The monoisotopic (exact) mass is 281 g/mol. The molecule has 0 bridgehead atoms.